The van der Waals surface area contributed by atoms with Gasteiger partial charge in [-0.05, 0) is 20.8 Å². The van der Waals surface area contributed by atoms with E-state index in [2.05, 4.69) is 20.8 Å². The Morgan fingerprint density at radius 2 is 1.58 bits per heavy atom. The Balaban J connectivity index is 4.09. The van der Waals surface area contributed by atoms with Crippen molar-refractivity contribution in [1.29, 1.82) is 0 Å². The maximum Gasteiger partial charge on any atom is 0.115 e. The van der Waals surface area contributed by atoms with Crippen molar-refractivity contribution in [2.45, 2.75) is 26.9 Å². The van der Waals surface area contributed by atoms with Gasteiger partial charge in [-0.1, -0.05) is 0 Å². The highest BCUT2D eigenvalue weighted by atomic mass is 16.3. The molecular formula is C9H23N2O+. The van der Waals surface area contributed by atoms with Crippen LogP contribution in [0.4, 0.5) is 0 Å². The Bertz CT molecular complexity index is 105. The summed E-state index contributed by atoms with van der Waals surface area (Å²) in [5.41, 5.74) is 5.38. The highest BCUT2D eigenvalue weighted by Gasteiger charge is 2.23. The van der Waals surface area contributed by atoms with Crippen molar-refractivity contribution in [2.24, 2.45) is 5.73 Å². The first-order chi connectivity index (χ1) is 5.64. The van der Waals surface area contributed by atoms with E-state index in [1.54, 1.807) is 0 Å². The minimum atomic E-state index is -0.343. The number of hydrogen-bond acceptors (Lipinski definition) is 2. The van der Waals surface area contributed by atoms with Gasteiger partial charge in [-0.3, -0.25) is 0 Å². The van der Waals surface area contributed by atoms with E-state index in [4.69, 9.17) is 5.73 Å². The molecule has 0 saturated heterocycles. The van der Waals surface area contributed by atoms with Crippen molar-refractivity contribution in [3.63, 3.8) is 0 Å². The van der Waals surface area contributed by atoms with Gasteiger partial charge in [-0.15, -0.1) is 0 Å². The van der Waals surface area contributed by atoms with Crippen molar-refractivity contribution >= 4 is 0 Å². The predicted octanol–water partition coefficient (Wildman–Crippen LogP) is 0.183. The topological polar surface area (TPSA) is 46.2 Å². The number of nitrogens with zero attached hydrogens (tertiary/aromatic N) is 1. The zero-order valence-corrected chi connectivity index (χ0v) is 8.58. The van der Waals surface area contributed by atoms with Gasteiger partial charge in [0.1, 0.15) is 12.6 Å². The molecule has 0 aliphatic heterocycles. The number of hydrogen-bond donors (Lipinski definition) is 2. The molecule has 3 heteroatoms. The van der Waals surface area contributed by atoms with Crippen LogP contribution >= 0.6 is 0 Å². The number of nitrogens with two attached hydrogens (primary N) is 1. The number of rotatable bonds is 6. The lowest BCUT2D eigenvalue weighted by Gasteiger charge is -2.37. The zero-order valence-electron chi connectivity index (χ0n) is 8.58. The zero-order chi connectivity index (χ0) is 9.61. The molecule has 0 aromatic heterocycles. The molecule has 0 amide bonds. The summed E-state index contributed by atoms with van der Waals surface area (Å²) in [7, 11) is 0. The van der Waals surface area contributed by atoms with E-state index in [0.29, 0.717) is 6.54 Å². The third-order valence-electron chi connectivity index (χ3n) is 2.88. The van der Waals surface area contributed by atoms with E-state index in [-0.39, 0.29) is 6.10 Å². The van der Waals surface area contributed by atoms with Gasteiger partial charge in [0.25, 0.3) is 0 Å². The lowest BCUT2D eigenvalue weighted by molar-refractivity contribution is -0.925. The van der Waals surface area contributed by atoms with E-state index >= 15 is 0 Å². The van der Waals surface area contributed by atoms with Gasteiger partial charge in [0.2, 0.25) is 0 Å². The number of aliphatic hydroxyl groups excluding tert-OH is 1. The van der Waals surface area contributed by atoms with Crippen molar-refractivity contribution < 1.29 is 9.59 Å². The summed E-state index contributed by atoms with van der Waals surface area (Å²) >= 11 is 0. The molecule has 0 spiro atoms. The lowest BCUT2D eigenvalue weighted by Crippen LogP contribution is -2.53. The molecule has 0 bridgehead atoms. The third kappa shape index (κ3) is 3.09. The second-order valence-electron chi connectivity index (χ2n) is 3.36. The number of aliphatic hydroxyl groups is 1. The van der Waals surface area contributed by atoms with Crippen LogP contribution in [0.2, 0.25) is 0 Å². The van der Waals surface area contributed by atoms with Crippen LogP contribution in [0.3, 0.4) is 0 Å². The van der Waals surface area contributed by atoms with Gasteiger partial charge in [-0.25, -0.2) is 0 Å². The molecule has 0 fully saturated rings. The van der Waals surface area contributed by atoms with Gasteiger partial charge >= 0.3 is 0 Å². The summed E-state index contributed by atoms with van der Waals surface area (Å²) in [6.07, 6.45) is -0.343. The molecule has 3 nitrogen and oxygen atoms in total. The van der Waals surface area contributed by atoms with Crippen LogP contribution in [-0.2, 0) is 0 Å². The van der Waals surface area contributed by atoms with E-state index in [9.17, 15) is 5.11 Å². The second-order valence-corrected chi connectivity index (χ2v) is 3.36. The average molecular weight is 175 g/mol. The summed E-state index contributed by atoms with van der Waals surface area (Å²) in [6.45, 7) is 10.9. The Morgan fingerprint density at radius 3 is 1.83 bits per heavy atom. The van der Waals surface area contributed by atoms with Crippen molar-refractivity contribution in [3.05, 3.63) is 0 Å². The van der Waals surface area contributed by atoms with Crippen LogP contribution in [-0.4, -0.2) is 48.4 Å². The normalized spacial score (nSPS) is 14.8. The monoisotopic (exact) mass is 175 g/mol. The summed E-state index contributed by atoms with van der Waals surface area (Å²) < 4.78 is 0.971. The molecule has 12 heavy (non-hydrogen) atoms. The van der Waals surface area contributed by atoms with E-state index in [1.807, 2.05) is 0 Å². The van der Waals surface area contributed by atoms with Gasteiger partial charge < -0.3 is 15.3 Å². The molecule has 3 N–H and O–H groups in total. The predicted molar refractivity (Wildman–Crippen MR) is 51.8 cm³/mol. The van der Waals surface area contributed by atoms with Crippen LogP contribution in [0.5, 0.6) is 0 Å². The SMILES string of the molecule is CC[N+](CC)(CC)CC(O)CN. The second kappa shape index (κ2) is 5.51. The first kappa shape index (κ1) is 11.9. The third-order valence-corrected chi connectivity index (χ3v) is 2.88. The van der Waals surface area contributed by atoms with Crippen LogP contribution in [0, 0.1) is 0 Å². The fraction of sp³-hybridized carbons (Fsp3) is 1.00. The van der Waals surface area contributed by atoms with Crippen LogP contribution < -0.4 is 5.73 Å². The summed E-state index contributed by atoms with van der Waals surface area (Å²) in [5.74, 6) is 0. The molecule has 0 rings (SSSR count). The van der Waals surface area contributed by atoms with Crippen molar-refractivity contribution in [3.8, 4) is 0 Å². The highest BCUT2D eigenvalue weighted by molar-refractivity contribution is 4.54. The molecule has 0 aromatic rings. The fourth-order valence-electron chi connectivity index (χ4n) is 1.58. The molecule has 1 unspecified atom stereocenters. The summed E-state index contributed by atoms with van der Waals surface area (Å²) in [6, 6.07) is 0. The van der Waals surface area contributed by atoms with E-state index in [1.165, 1.54) is 0 Å². The van der Waals surface area contributed by atoms with Gasteiger partial charge in [0, 0.05) is 6.54 Å². The summed E-state index contributed by atoms with van der Waals surface area (Å²) in [4.78, 5) is 0. The first-order valence-electron chi connectivity index (χ1n) is 4.87. The smallest absolute Gasteiger partial charge is 0.115 e. The average Bonchev–Trinajstić information content (AvgIpc) is 2.14. The minimum absolute atomic E-state index is 0.343. The molecular weight excluding hydrogens is 152 g/mol. The van der Waals surface area contributed by atoms with E-state index in [0.717, 1.165) is 30.7 Å². The maximum atomic E-state index is 9.45. The van der Waals surface area contributed by atoms with Crippen LogP contribution in [0.15, 0.2) is 0 Å². The molecule has 0 radical (unpaired) electrons. The molecule has 0 aliphatic carbocycles. The number of quaternary nitrogens is 1. The quantitative estimate of drug-likeness (QED) is 0.566. The van der Waals surface area contributed by atoms with Crippen LogP contribution in [0.25, 0.3) is 0 Å². The molecule has 0 aromatic carbocycles. The Morgan fingerprint density at radius 1 is 1.17 bits per heavy atom. The van der Waals surface area contributed by atoms with Crippen LogP contribution in [0.1, 0.15) is 20.8 Å². The van der Waals surface area contributed by atoms with Gasteiger partial charge in [0.15, 0.2) is 0 Å². The molecule has 1 atom stereocenters. The largest absolute Gasteiger partial charge is 0.386 e. The fourth-order valence-corrected chi connectivity index (χ4v) is 1.58. The Hall–Kier alpha value is -0.120. The van der Waals surface area contributed by atoms with Crippen molar-refractivity contribution in [1.82, 2.24) is 0 Å². The Kier molecular flexibility index (Phi) is 5.46. The first-order valence-corrected chi connectivity index (χ1v) is 4.87. The standard InChI is InChI=1S/C9H23N2O/c1-4-11(5-2,6-3)8-9(12)7-10/h9,12H,4-8,10H2,1-3H3/q+1. The maximum absolute atomic E-state index is 9.45. The lowest BCUT2D eigenvalue weighted by atomic mass is 10.2. The van der Waals surface area contributed by atoms with Gasteiger partial charge in [-0.2, -0.15) is 0 Å². The van der Waals surface area contributed by atoms with Crippen molar-refractivity contribution in [2.75, 3.05) is 32.7 Å². The minimum Gasteiger partial charge on any atom is -0.386 e. The number of likely N-dealkylation sites (N-methyl/N-ethyl adjacent to an activating group) is 1. The highest BCUT2D eigenvalue weighted by Crippen LogP contribution is 2.06. The van der Waals surface area contributed by atoms with E-state index < -0.39 is 0 Å². The molecule has 0 heterocycles. The summed E-state index contributed by atoms with van der Waals surface area (Å²) in [5, 5.41) is 9.45. The molecule has 0 aliphatic rings. The molecule has 0 saturated carbocycles. The van der Waals surface area contributed by atoms with Gasteiger partial charge in [0.05, 0.1) is 19.6 Å². The molecule has 74 valence electrons. The Labute approximate surface area is 75.8 Å².